The molecule has 0 fully saturated rings. The van der Waals surface area contributed by atoms with E-state index in [0.717, 1.165) is 31.8 Å². The molecule has 8 heteroatoms. The van der Waals surface area contributed by atoms with Crippen molar-refractivity contribution in [2.45, 2.75) is 13.5 Å². The molecule has 144 valence electrons. The standard InChI is InChI=1S/C21H15ClN4O2S/c1-12-17-19(29-18(12)15-4-2-3-5-16(15)22)20(24-11-23-17)26-25-10-13-6-8-14(9-7-13)21(27)28/h2-9,11H,10H2,1H3,(H,27,28). The van der Waals surface area contributed by atoms with Gasteiger partial charge in [-0.2, -0.15) is 5.11 Å². The van der Waals surface area contributed by atoms with E-state index in [2.05, 4.69) is 20.2 Å². The summed E-state index contributed by atoms with van der Waals surface area (Å²) in [4.78, 5) is 20.6. The Morgan fingerprint density at radius 1 is 1.14 bits per heavy atom. The van der Waals surface area contributed by atoms with Gasteiger partial charge in [0.15, 0.2) is 5.82 Å². The first-order chi connectivity index (χ1) is 14.0. The highest BCUT2D eigenvalue weighted by Gasteiger charge is 2.16. The van der Waals surface area contributed by atoms with Crippen LogP contribution in [0.25, 0.3) is 20.7 Å². The number of carboxylic acid groups (broad SMARTS) is 1. The third-order valence-electron chi connectivity index (χ3n) is 4.42. The van der Waals surface area contributed by atoms with E-state index in [1.54, 1.807) is 35.6 Å². The van der Waals surface area contributed by atoms with Gasteiger partial charge in [0.05, 0.1) is 17.6 Å². The molecule has 0 saturated carbocycles. The summed E-state index contributed by atoms with van der Waals surface area (Å²) in [5, 5.41) is 18.2. The molecule has 29 heavy (non-hydrogen) atoms. The van der Waals surface area contributed by atoms with Crippen LogP contribution in [0.3, 0.4) is 0 Å². The van der Waals surface area contributed by atoms with E-state index in [4.69, 9.17) is 16.7 Å². The van der Waals surface area contributed by atoms with Crippen molar-refractivity contribution < 1.29 is 9.90 Å². The fourth-order valence-corrected chi connectivity index (χ4v) is 4.44. The van der Waals surface area contributed by atoms with Gasteiger partial charge >= 0.3 is 5.97 Å². The molecule has 0 radical (unpaired) electrons. The normalized spacial score (nSPS) is 11.4. The summed E-state index contributed by atoms with van der Waals surface area (Å²) < 4.78 is 0.852. The molecule has 0 aliphatic carbocycles. The van der Waals surface area contributed by atoms with Crippen LogP contribution in [0.2, 0.25) is 5.02 Å². The molecule has 0 saturated heterocycles. The second-order valence-corrected chi connectivity index (χ2v) is 7.74. The molecule has 1 N–H and O–H groups in total. The van der Waals surface area contributed by atoms with E-state index >= 15 is 0 Å². The van der Waals surface area contributed by atoms with Crippen LogP contribution in [0, 0.1) is 6.92 Å². The summed E-state index contributed by atoms with van der Waals surface area (Å²) in [6.07, 6.45) is 1.48. The average Bonchev–Trinajstić information content (AvgIpc) is 3.06. The Balaban J connectivity index is 1.64. The second-order valence-electron chi connectivity index (χ2n) is 6.31. The number of aromatic carboxylic acids is 1. The summed E-state index contributed by atoms with van der Waals surface area (Å²) in [6, 6.07) is 14.2. The van der Waals surface area contributed by atoms with Crippen molar-refractivity contribution >= 4 is 44.9 Å². The minimum absolute atomic E-state index is 0.240. The van der Waals surface area contributed by atoms with Gasteiger partial charge in [0.25, 0.3) is 0 Å². The molecule has 0 amide bonds. The Labute approximate surface area is 175 Å². The molecule has 2 heterocycles. The average molecular weight is 423 g/mol. The largest absolute Gasteiger partial charge is 0.478 e. The first-order valence-electron chi connectivity index (χ1n) is 8.73. The molecule has 0 bridgehead atoms. The number of thiophene rings is 1. The SMILES string of the molecule is Cc1c(-c2ccccc2Cl)sc2c(N=NCc3ccc(C(=O)O)cc3)ncnc12. The number of azo groups is 1. The van der Waals surface area contributed by atoms with E-state index in [1.807, 2.05) is 31.2 Å². The third-order valence-corrected chi connectivity index (χ3v) is 6.06. The van der Waals surface area contributed by atoms with Gasteiger partial charge in [-0.3, -0.25) is 0 Å². The van der Waals surface area contributed by atoms with Gasteiger partial charge in [0.2, 0.25) is 0 Å². The number of fused-ring (bicyclic) bond motifs is 1. The maximum absolute atomic E-state index is 10.9. The van der Waals surface area contributed by atoms with Crippen molar-refractivity contribution in [3.63, 3.8) is 0 Å². The molecule has 0 aliphatic heterocycles. The van der Waals surface area contributed by atoms with Crippen LogP contribution in [-0.4, -0.2) is 21.0 Å². The Bertz CT molecular complexity index is 1240. The number of hydrogen-bond acceptors (Lipinski definition) is 6. The Morgan fingerprint density at radius 2 is 1.90 bits per heavy atom. The number of carbonyl (C=O) groups is 1. The zero-order valence-corrected chi connectivity index (χ0v) is 16.9. The summed E-state index contributed by atoms with van der Waals surface area (Å²) in [5.74, 6) is -0.451. The number of aromatic nitrogens is 2. The third kappa shape index (κ3) is 3.87. The van der Waals surface area contributed by atoms with E-state index in [1.165, 1.54) is 6.33 Å². The van der Waals surface area contributed by atoms with Crippen LogP contribution in [-0.2, 0) is 6.54 Å². The first kappa shape index (κ1) is 19.2. The minimum atomic E-state index is -0.955. The lowest BCUT2D eigenvalue weighted by Crippen LogP contribution is -1.95. The highest BCUT2D eigenvalue weighted by molar-refractivity contribution is 7.23. The van der Waals surface area contributed by atoms with Crippen LogP contribution in [0.15, 0.2) is 65.1 Å². The van der Waals surface area contributed by atoms with Crippen LogP contribution in [0.5, 0.6) is 0 Å². The quantitative estimate of drug-likeness (QED) is 0.382. The smallest absolute Gasteiger partial charge is 0.335 e. The van der Waals surface area contributed by atoms with Gasteiger partial charge in [0.1, 0.15) is 11.0 Å². The van der Waals surface area contributed by atoms with E-state index in [-0.39, 0.29) is 5.56 Å². The summed E-state index contributed by atoms with van der Waals surface area (Å²) >= 11 is 7.91. The molecule has 4 aromatic rings. The lowest BCUT2D eigenvalue weighted by molar-refractivity contribution is 0.0697. The summed E-state index contributed by atoms with van der Waals surface area (Å²) in [7, 11) is 0. The molecule has 2 aromatic heterocycles. The summed E-state index contributed by atoms with van der Waals surface area (Å²) in [6.45, 7) is 2.34. The highest BCUT2D eigenvalue weighted by atomic mass is 35.5. The van der Waals surface area contributed by atoms with Crippen molar-refractivity contribution in [2.24, 2.45) is 10.2 Å². The monoisotopic (exact) mass is 422 g/mol. The topological polar surface area (TPSA) is 87.8 Å². The van der Waals surface area contributed by atoms with E-state index in [0.29, 0.717) is 17.4 Å². The lowest BCUT2D eigenvalue weighted by Gasteiger charge is -2.01. The fourth-order valence-electron chi connectivity index (χ4n) is 2.92. The van der Waals surface area contributed by atoms with Crippen LogP contribution < -0.4 is 0 Å². The molecular weight excluding hydrogens is 408 g/mol. The zero-order chi connectivity index (χ0) is 20.4. The molecular formula is C21H15ClN4O2S. The molecule has 0 unspecified atom stereocenters. The van der Waals surface area contributed by atoms with E-state index < -0.39 is 5.97 Å². The van der Waals surface area contributed by atoms with Crippen molar-refractivity contribution in [3.05, 3.63) is 76.6 Å². The predicted molar refractivity (Wildman–Crippen MR) is 114 cm³/mol. The van der Waals surface area contributed by atoms with Gasteiger partial charge in [-0.15, -0.1) is 16.5 Å². The Hall–Kier alpha value is -3.16. The lowest BCUT2D eigenvalue weighted by atomic mass is 10.1. The van der Waals surface area contributed by atoms with Gasteiger partial charge in [0, 0.05) is 15.5 Å². The van der Waals surface area contributed by atoms with Gasteiger partial charge in [-0.1, -0.05) is 41.9 Å². The second kappa shape index (κ2) is 8.06. The number of nitrogens with zero attached hydrogens (tertiary/aromatic N) is 4. The number of halogens is 1. The number of aryl methyl sites for hydroxylation is 1. The maximum atomic E-state index is 10.9. The maximum Gasteiger partial charge on any atom is 0.335 e. The number of benzene rings is 2. The van der Waals surface area contributed by atoms with Crippen molar-refractivity contribution in [2.75, 3.05) is 0 Å². The predicted octanol–water partition coefficient (Wildman–Crippen LogP) is 6.30. The number of carboxylic acids is 1. The Kier molecular flexibility index (Phi) is 5.33. The Morgan fingerprint density at radius 3 is 2.62 bits per heavy atom. The minimum Gasteiger partial charge on any atom is -0.478 e. The van der Waals surface area contributed by atoms with Crippen molar-refractivity contribution in [1.82, 2.24) is 9.97 Å². The van der Waals surface area contributed by atoms with Crippen LogP contribution >= 0.6 is 22.9 Å². The van der Waals surface area contributed by atoms with Gasteiger partial charge < -0.3 is 5.11 Å². The number of rotatable bonds is 5. The molecule has 0 spiro atoms. The molecule has 6 nitrogen and oxygen atoms in total. The first-order valence-corrected chi connectivity index (χ1v) is 9.93. The summed E-state index contributed by atoms with van der Waals surface area (Å²) in [5.41, 5.74) is 3.92. The molecule has 0 aliphatic rings. The van der Waals surface area contributed by atoms with Crippen molar-refractivity contribution in [3.8, 4) is 10.4 Å². The number of hydrogen-bond donors (Lipinski definition) is 1. The molecule has 2 aromatic carbocycles. The zero-order valence-electron chi connectivity index (χ0n) is 15.3. The van der Waals surface area contributed by atoms with Gasteiger partial charge in [-0.25, -0.2) is 14.8 Å². The van der Waals surface area contributed by atoms with Crippen LogP contribution in [0.4, 0.5) is 5.82 Å². The fraction of sp³-hybridized carbons (Fsp3) is 0.0952. The van der Waals surface area contributed by atoms with E-state index in [9.17, 15) is 4.79 Å². The molecule has 4 rings (SSSR count). The van der Waals surface area contributed by atoms with Crippen LogP contribution in [0.1, 0.15) is 21.5 Å². The van der Waals surface area contributed by atoms with Gasteiger partial charge in [-0.05, 0) is 36.2 Å². The van der Waals surface area contributed by atoms with Crippen molar-refractivity contribution in [1.29, 1.82) is 0 Å². The molecule has 0 atom stereocenters. The highest BCUT2D eigenvalue weighted by Crippen LogP contribution is 2.42.